The van der Waals surface area contributed by atoms with Crippen molar-refractivity contribution in [1.29, 1.82) is 0 Å². The van der Waals surface area contributed by atoms with Gasteiger partial charge < -0.3 is 10.2 Å². The zero-order valence-electron chi connectivity index (χ0n) is 11.8. The molecule has 2 aromatic rings. The quantitative estimate of drug-likeness (QED) is 0.663. The molecule has 1 aliphatic rings. The standard InChI is InChI=1S/C15H12ClF3IN3/c16-12-2-1-10(15(17,18)19)5-9(12)8-23-4-3-21-14-13(23)6-11(20)7-22-14/h1-2,5-7H,3-4,8H2,(H,21,22). The Morgan fingerprint density at radius 3 is 2.83 bits per heavy atom. The van der Waals surface area contributed by atoms with Crippen LogP contribution in [-0.4, -0.2) is 18.1 Å². The van der Waals surface area contributed by atoms with Gasteiger partial charge in [-0.05, 0) is 52.4 Å². The Morgan fingerprint density at radius 1 is 1.30 bits per heavy atom. The molecule has 2 heterocycles. The second-order valence-corrected chi connectivity index (χ2v) is 6.83. The lowest BCUT2D eigenvalue weighted by molar-refractivity contribution is -0.137. The molecule has 1 aromatic carbocycles. The van der Waals surface area contributed by atoms with Gasteiger partial charge in [-0.2, -0.15) is 13.2 Å². The van der Waals surface area contributed by atoms with Gasteiger partial charge in [-0.1, -0.05) is 11.6 Å². The Hall–Kier alpha value is -1.22. The van der Waals surface area contributed by atoms with Gasteiger partial charge in [-0.25, -0.2) is 4.98 Å². The predicted molar refractivity (Wildman–Crippen MR) is 92.9 cm³/mol. The van der Waals surface area contributed by atoms with Crippen LogP contribution in [0.4, 0.5) is 24.7 Å². The van der Waals surface area contributed by atoms with Gasteiger partial charge >= 0.3 is 6.18 Å². The number of hydrogen-bond acceptors (Lipinski definition) is 3. The molecule has 122 valence electrons. The second kappa shape index (κ2) is 6.35. The van der Waals surface area contributed by atoms with E-state index in [1.165, 1.54) is 6.07 Å². The molecular weight excluding hydrogens is 442 g/mol. The van der Waals surface area contributed by atoms with Crippen molar-refractivity contribution >= 4 is 45.7 Å². The number of benzene rings is 1. The van der Waals surface area contributed by atoms with Crippen molar-refractivity contribution in [1.82, 2.24) is 4.98 Å². The van der Waals surface area contributed by atoms with Crippen LogP contribution < -0.4 is 10.2 Å². The van der Waals surface area contributed by atoms with Crippen molar-refractivity contribution in [2.45, 2.75) is 12.7 Å². The lowest BCUT2D eigenvalue weighted by atomic mass is 10.1. The Morgan fingerprint density at radius 2 is 2.09 bits per heavy atom. The van der Waals surface area contributed by atoms with Crippen molar-refractivity contribution in [3.63, 3.8) is 0 Å². The van der Waals surface area contributed by atoms with Gasteiger partial charge in [0.15, 0.2) is 0 Å². The molecule has 0 unspecified atom stereocenters. The number of rotatable bonds is 2. The molecule has 1 N–H and O–H groups in total. The summed E-state index contributed by atoms with van der Waals surface area (Å²) in [5, 5.41) is 3.52. The zero-order chi connectivity index (χ0) is 16.6. The number of hydrogen-bond donors (Lipinski definition) is 1. The molecule has 0 bridgehead atoms. The molecule has 0 saturated carbocycles. The molecule has 3 rings (SSSR count). The Balaban J connectivity index is 1.93. The molecule has 23 heavy (non-hydrogen) atoms. The van der Waals surface area contributed by atoms with E-state index in [0.29, 0.717) is 30.2 Å². The Labute approximate surface area is 150 Å². The molecule has 0 saturated heterocycles. The number of halogens is 5. The SMILES string of the molecule is FC(F)(F)c1ccc(Cl)c(CN2CCNc3ncc(I)cc32)c1. The van der Waals surface area contributed by atoms with Crippen LogP contribution in [0.2, 0.25) is 5.02 Å². The fourth-order valence-electron chi connectivity index (χ4n) is 2.48. The fourth-order valence-corrected chi connectivity index (χ4v) is 3.09. The van der Waals surface area contributed by atoms with Crippen LogP contribution in [0.25, 0.3) is 0 Å². The van der Waals surface area contributed by atoms with Crippen molar-refractivity contribution in [2.75, 3.05) is 23.3 Å². The number of nitrogens with one attached hydrogen (secondary N) is 1. The molecule has 1 aromatic heterocycles. The summed E-state index contributed by atoms with van der Waals surface area (Å²) >= 11 is 8.25. The summed E-state index contributed by atoms with van der Waals surface area (Å²) in [6.45, 7) is 1.65. The van der Waals surface area contributed by atoms with Gasteiger partial charge in [0, 0.05) is 34.4 Å². The molecule has 0 fully saturated rings. The molecule has 3 nitrogen and oxygen atoms in total. The third kappa shape index (κ3) is 3.65. The van der Waals surface area contributed by atoms with Gasteiger partial charge in [-0.15, -0.1) is 0 Å². The van der Waals surface area contributed by atoms with Gasteiger partial charge in [0.25, 0.3) is 0 Å². The third-order valence-corrected chi connectivity index (χ3v) is 4.54. The van der Waals surface area contributed by atoms with Gasteiger partial charge in [0.1, 0.15) is 5.82 Å². The van der Waals surface area contributed by atoms with Crippen molar-refractivity contribution in [3.05, 3.63) is 50.2 Å². The van der Waals surface area contributed by atoms with Crippen molar-refractivity contribution in [3.8, 4) is 0 Å². The molecule has 0 amide bonds. The van der Waals surface area contributed by atoms with E-state index in [1.54, 1.807) is 6.20 Å². The van der Waals surface area contributed by atoms with Crippen molar-refractivity contribution in [2.24, 2.45) is 0 Å². The minimum atomic E-state index is -4.38. The molecule has 8 heteroatoms. The molecule has 1 aliphatic heterocycles. The molecule has 0 spiro atoms. The highest BCUT2D eigenvalue weighted by Crippen LogP contribution is 2.34. The first kappa shape index (κ1) is 16.6. The zero-order valence-corrected chi connectivity index (χ0v) is 14.7. The van der Waals surface area contributed by atoms with Crippen LogP contribution in [-0.2, 0) is 12.7 Å². The van der Waals surface area contributed by atoms with Crippen LogP contribution >= 0.6 is 34.2 Å². The van der Waals surface area contributed by atoms with E-state index in [1.807, 2.05) is 11.0 Å². The van der Waals surface area contributed by atoms with E-state index >= 15 is 0 Å². The average Bonchev–Trinajstić information content (AvgIpc) is 2.49. The number of nitrogens with zero attached hydrogens (tertiary/aromatic N) is 2. The van der Waals surface area contributed by atoms with Gasteiger partial charge in [0.05, 0.1) is 11.3 Å². The molecular formula is C15H12ClF3IN3. The lowest BCUT2D eigenvalue weighted by Crippen LogP contribution is -2.34. The summed E-state index contributed by atoms with van der Waals surface area (Å²) in [7, 11) is 0. The van der Waals surface area contributed by atoms with Crippen LogP contribution in [0.1, 0.15) is 11.1 Å². The summed E-state index contributed by atoms with van der Waals surface area (Å²) in [6, 6.07) is 5.37. The average molecular weight is 454 g/mol. The van der Waals surface area contributed by atoms with E-state index in [0.717, 1.165) is 27.2 Å². The maximum Gasteiger partial charge on any atom is 0.416 e. The number of aromatic nitrogens is 1. The minimum Gasteiger partial charge on any atom is -0.367 e. The van der Waals surface area contributed by atoms with Gasteiger partial charge in [-0.3, -0.25) is 0 Å². The maximum absolute atomic E-state index is 12.9. The van der Waals surface area contributed by atoms with Crippen LogP contribution in [0.15, 0.2) is 30.5 Å². The number of anilines is 2. The topological polar surface area (TPSA) is 28.2 Å². The van der Waals surface area contributed by atoms with E-state index in [4.69, 9.17) is 11.6 Å². The number of alkyl halides is 3. The van der Waals surface area contributed by atoms with E-state index in [-0.39, 0.29) is 0 Å². The van der Waals surface area contributed by atoms with Crippen LogP contribution in [0.3, 0.4) is 0 Å². The second-order valence-electron chi connectivity index (χ2n) is 5.17. The first-order valence-electron chi connectivity index (χ1n) is 6.84. The predicted octanol–water partition coefficient (Wildman–Crippen LogP) is 4.79. The van der Waals surface area contributed by atoms with Crippen molar-refractivity contribution < 1.29 is 13.2 Å². The molecule has 0 atom stereocenters. The van der Waals surface area contributed by atoms with Crippen LogP contribution in [0, 0.1) is 3.57 Å². The highest BCUT2D eigenvalue weighted by atomic mass is 127. The summed E-state index contributed by atoms with van der Waals surface area (Å²) in [4.78, 5) is 6.31. The Kier molecular flexibility index (Phi) is 4.59. The monoisotopic (exact) mass is 453 g/mol. The first-order chi connectivity index (χ1) is 10.8. The molecule has 0 aliphatic carbocycles. The fraction of sp³-hybridized carbons (Fsp3) is 0.267. The summed E-state index contributed by atoms with van der Waals surface area (Å²) in [6.07, 6.45) is -2.63. The Bertz CT molecular complexity index is 736. The lowest BCUT2D eigenvalue weighted by Gasteiger charge is -2.31. The number of pyridine rings is 1. The van der Waals surface area contributed by atoms with E-state index in [2.05, 4.69) is 32.9 Å². The highest BCUT2D eigenvalue weighted by molar-refractivity contribution is 14.1. The minimum absolute atomic E-state index is 0.305. The smallest absolute Gasteiger partial charge is 0.367 e. The third-order valence-electron chi connectivity index (χ3n) is 3.58. The number of fused-ring (bicyclic) bond motifs is 1. The van der Waals surface area contributed by atoms with Gasteiger partial charge in [0.2, 0.25) is 0 Å². The highest BCUT2D eigenvalue weighted by Gasteiger charge is 2.31. The maximum atomic E-state index is 12.9. The first-order valence-corrected chi connectivity index (χ1v) is 8.30. The summed E-state index contributed by atoms with van der Waals surface area (Å²) in [5.41, 5.74) is 0.637. The summed E-state index contributed by atoms with van der Waals surface area (Å²) < 4.78 is 39.6. The van der Waals surface area contributed by atoms with E-state index in [9.17, 15) is 13.2 Å². The van der Waals surface area contributed by atoms with E-state index < -0.39 is 11.7 Å². The largest absolute Gasteiger partial charge is 0.416 e. The normalized spacial score (nSPS) is 14.4. The van der Waals surface area contributed by atoms with Crippen LogP contribution in [0.5, 0.6) is 0 Å². The molecule has 0 radical (unpaired) electrons. The summed E-state index contributed by atoms with van der Waals surface area (Å²) in [5.74, 6) is 0.736.